The second kappa shape index (κ2) is 42.6. The Kier molecular flexibility index (Phi) is 41.3. The Hall–Kier alpha value is -1.59. The molecule has 0 saturated carbocycles. The minimum absolute atomic E-state index is 0.0640. The summed E-state index contributed by atoms with van der Waals surface area (Å²) >= 11 is 0. The van der Waals surface area contributed by atoms with Crippen molar-refractivity contribution >= 4 is 17.9 Å². The van der Waals surface area contributed by atoms with Gasteiger partial charge in [0.1, 0.15) is 13.2 Å². The maximum absolute atomic E-state index is 12.7. The summed E-state index contributed by atoms with van der Waals surface area (Å²) in [6.45, 7) is 8.99. The first kappa shape index (κ1) is 52.4. The highest BCUT2D eigenvalue weighted by atomic mass is 16.6. The number of ether oxygens (including phenoxy) is 3. The highest BCUT2D eigenvalue weighted by Gasteiger charge is 2.19. The quantitative estimate of drug-likeness (QED) is 0.0349. The summed E-state index contributed by atoms with van der Waals surface area (Å²) in [5.74, 6) is -0.00601. The largest absolute Gasteiger partial charge is 0.462 e. The van der Waals surface area contributed by atoms with Crippen LogP contribution in [0.3, 0.4) is 0 Å². The number of rotatable bonds is 43. The number of carbonyl (C=O) groups excluding carboxylic acids is 3. The molecule has 320 valence electrons. The molecule has 54 heavy (non-hydrogen) atoms. The Morgan fingerprint density at radius 1 is 0.370 bits per heavy atom. The second-order valence-electron chi connectivity index (χ2n) is 16.6. The molecule has 0 spiro atoms. The van der Waals surface area contributed by atoms with Crippen molar-refractivity contribution in [1.29, 1.82) is 0 Å². The van der Waals surface area contributed by atoms with Crippen molar-refractivity contribution in [3.8, 4) is 0 Å². The van der Waals surface area contributed by atoms with Crippen molar-refractivity contribution in [1.82, 2.24) is 0 Å². The third kappa shape index (κ3) is 40.1. The van der Waals surface area contributed by atoms with Gasteiger partial charge in [-0.1, -0.05) is 227 Å². The van der Waals surface area contributed by atoms with Gasteiger partial charge in [0.25, 0.3) is 0 Å². The zero-order valence-electron chi connectivity index (χ0n) is 36.7. The Labute approximate surface area is 336 Å². The van der Waals surface area contributed by atoms with Gasteiger partial charge in [0.15, 0.2) is 6.10 Å². The lowest BCUT2D eigenvalue weighted by Gasteiger charge is -2.18. The molecule has 0 heterocycles. The summed E-state index contributed by atoms with van der Waals surface area (Å²) in [4.78, 5) is 37.7. The molecular formula is C48H92O6. The van der Waals surface area contributed by atoms with Gasteiger partial charge < -0.3 is 14.2 Å². The lowest BCUT2D eigenvalue weighted by Crippen LogP contribution is -2.30. The van der Waals surface area contributed by atoms with E-state index in [1.54, 1.807) is 0 Å². The summed E-state index contributed by atoms with van der Waals surface area (Å²) < 4.78 is 16.7. The first-order valence-corrected chi connectivity index (χ1v) is 23.9. The van der Waals surface area contributed by atoms with E-state index in [0.29, 0.717) is 19.3 Å². The van der Waals surface area contributed by atoms with Gasteiger partial charge in [-0.15, -0.1) is 0 Å². The van der Waals surface area contributed by atoms with E-state index >= 15 is 0 Å². The van der Waals surface area contributed by atoms with Crippen LogP contribution in [0.5, 0.6) is 0 Å². The molecule has 0 saturated heterocycles. The fourth-order valence-corrected chi connectivity index (χ4v) is 7.12. The molecule has 0 amide bonds. The molecule has 0 aliphatic rings. The fourth-order valence-electron chi connectivity index (χ4n) is 7.12. The van der Waals surface area contributed by atoms with Crippen LogP contribution < -0.4 is 0 Å². The number of esters is 3. The standard InChI is InChI=1S/C48H92O6/c1-5-8-10-12-14-16-17-18-19-20-21-23-29-33-37-41-48(51)54-45(42-52-46(49)39-35-31-27-22-15-13-11-9-6-2)43-53-47(50)40-36-32-28-25-24-26-30-34-38-44(4)7-3/h44-45H,5-43H2,1-4H3/t44?,45-/m0/s1. The van der Waals surface area contributed by atoms with Crippen molar-refractivity contribution < 1.29 is 28.6 Å². The summed E-state index contributed by atoms with van der Waals surface area (Å²) in [5, 5.41) is 0. The summed E-state index contributed by atoms with van der Waals surface area (Å²) in [5.41, 5.74) is 0. The van der Waals surface area contributed by atoms with Crippen molar-refractivity contribution in [2.45, 2.75) is 271 Å². The normalized spacial score (nSPS) is 12.4. The molecule has 0 N–H and O–H groups in total. The van der Waals surface area contributed by atoms with Gasteiger partial charge >= 0.3 is 17.9 Å². The van der Waals surface area contributed by atoms with E-state index in [-0.39, 0.29) is 31.1 Å². The average molecular weight is 765 g/mol. The van der Waals surface area contributed by atoms with Gasteiger partial charge in [-0.25, -0.2) is 0 Å². The maximum atomic E-state index is 12.7. The van der Waals surface area contributed by atoms with Crippen LogP contribution in [-0.2, 0) is 28.6 Å². The molecule has 0 fully saturated rings. The monoisotopic (exact) mass is 765 g/mol. The number of hydrogen-bond donors (Lipinski definition) is 0. The zero-order chi connectivity index (χ0) is 39.6. The Bertz CT molecular complexity index is 813. The van der Waals surface area contributed by atoms with Crippen LogP contribution in [0.1, 0.15) is 265 Å². The van der Waals surface area contributed by atoms with E-state index in [4.69, 9.17) is 14.2 Å². The first-order valence-electron chi connectivity index (χ1n) is 23.9. The highest BCUT2D eigenvalue weighted by Crippen LogP contribution is 2.17. The van der Waals surface area contributed by atoms with E-state index in [9.17, 15) is 14.4 Å². The van der Waals surface area contributed by atoms with Crippen LogP contribution in [-0.4, -0.2) is 37.2 Å². The van der Waals surface area contributed by atoms with Crippen LogP contribution >= 0.6 is 0 Å². The second-order valence-corrected chi connectivity index (χ2v) is 16.6. The predicted octanol–water partition coefficient (Wildman–Crippen LogP) is 15.1. The molecule has 0 bridgehead atoms. The molecule has 0 aromatic heterocycles. The minimum atomic E-state index is -0.759. The van der Waals surface area contributed by atoms with Crippen molar-refractivity contribution in [2.75, 3.05) is 13.2 Å². The van der Waals surface area contributed by atoms with Crippen molar-refractivity contribution in [2.24, 2.45) is 5.92 Å². The lowest BCUT2D eigenvalue weighted by atomic mass is 9.99. The van der Waals surface area contributed by atoms with Gasteiger partial charge in [-0.3, -0.25) is 14.4 Å². The molecule has 0 aliphatic carbocycles. The molecule has 2 atom stereocenters. The number of unbranched alkanes of at least 4 members (excludes halogenated alkanes) is 29. The van der Waals surface area contributed by atoms with Crippen LogP contribution in [0.2, 0.25) is 0 Å². The van der Waals surface area contributed by atoms with Gasteiger partial charge in [-0.05, 0) is 25.2 Å². The van der Waals surface area contributed by atoms with Crippen LogP contribution in [0.4, 0.5) is 0 Å². The molecule has 0 aromatic carbocycles. The zero-order valence-corrected chi connectivity index (χ0v) is 36.7. The van der Waals surface area contributed by atoms with E-state index in [1.165, 1.54) is 161 Å². The van der Waals surface area contributed by atoms with Crippen molar-refractivity contribution in [3.05, 3.63) is 0 Å². The van der Waals surface area contributed by atoms with Gasteiger partial charge in [0.05, 0.1) is 0 Å². The smallest absolute Gasteiger partial charge is 0.306 e. The first-order chi connectivity index (χ1) is 26.4. The lowest BCUT2D eigenvalue weighted by molar-refractivity contribution is -0.167. The van der Waals surface area contributed by atoms with Gasteiger partial charge in [0, 0.05) is 19.3 Å². The molecule has 6 nitrogen and oxygen atoms in total. The molecule has 0 aromatic rings. The molecule has 0 rings (SSSR count). The SMILES string of the molecule is CCCCCCCCCCCCCCCCCC(=O)O[C@@H](COC(=O)CCCCCCCCCCC)COC(=O)CCCCCCCCCCC(C)CC. The highest BCUT2D eigenvalue weighted by molar-refractivity contribution is 5.71. The minimum Gasteiger partial charge on any atom is -0.462 e. The predicted molar refractivity (Wildman–Crippen MR) is 229 cm³/mol. The van der Waals surface area contributed by atoms with Gasteiger partial charge in [0.2, 0.25) is 0 Å². The summed E-state index contributed by atoms with van der Waals surface area (Å²) in [7, 11) is 0. The molecular weight excluding hydrogens is 673 g/mol. The third-order valence-corrected chi connectivity index (χ3v) is 11.2. The van der Waals surface area contributed by atoms with Crippen LogP contribution in [0.15, 0.2) is 0 Å². The third-order valence-electron chi connectivity index (χ3n) is 11.2. The number of carbonyl (C=O) groups is 3. The van der Waals surface area contributed by atoms with Gasteiger partial charge in [-0.2, -0.15) is 0 Å². The van der Waals surface area contributed by atoms with E-state index in [1.807, 2.05) is 0 Å². The van der Waals surface area contributed by atoms with Crippen LogP contribution in [0, 0.1) is 5.92 Å². The molecule has 0 radical (unpaired) electrons. The molecule has 1 unspecified atom stereocenters. The van der Waals surface area contributed by atoms with Crippen LogP contribution in [0.25, 0.3) is 0 Å². The fraction of sp³-hybridized carbons (Fsp3) is 0.938. The maximum Gasteiger partial charge on any atom is 0.306 e. The molecule has 6 heteroatoms. The van der Waals surface area contributed by atoms with E-state index < -0.39 is 6.10 Å². The topological polar surface area (TPSA) is 78.9 Å². The summed E-state index contributed by atoms with van der Waals surface area (Å²) in [6.07, 6.45) is 42.2. The Balaban J connectivity index is 4.30. The van der Waals surface area contributed by atoms with Crippen molar-refractivity contribution in [3.63, 3.8) is 0 Å². The Morgan fingerprint density at radius 2 is 0.648 bits per heavy atom. The number of hydrogen-bond acceptors (Lipinski definition) is 6. The average Bonchev–Trinajstić information content (AvgIpc) is 3.17. The summed E-state index contributed by atoms with van der Waals surface area (Å²) in [6, 6.07) is 0. The Morgan fingerprint density at radius 3 is 0.963 bits per heavy atom. The van der Waals surface area contributed by atoms with E-state index in [0.717, 1.165) is 63.7 Å². The molecule has 0 aliphatic heterocycles. The van der Waals surface area contributed by atoms with E-state index in [2.05, 4.69) is 27.7 Å².